The molecule has 0 atom stereocenters. The van der Waals surface area contributed by atoms with E-state index in [1.807, 2.05) is 0 Å². The average Bonchev–Trinajstić information content (AvgIpc) is 3.11. The van der Waals surface area contributed by atoms with Crippen LogP contribution in [0.15, 0.2) is 46.8 Å². The zero-order valence-electron chi connectivity index (χ0n) is 13.1. The number of thiazole rings is 1. The van der Waals surface area contributed by atoms with Crippen LogP contribution >= 0.6 is 11.3 Å². The van der Waals surface area contributed by atoms with Gasteiger partial charge in [-0.05, 0) is 30.9 Å². The van der Waals surface area contributed by atoms with Crippen molar-refractivity contribution in [3.63, 3.8) is 0 Å². The number of nitrogens with zero attached hydrogens (tertiary/aromatic N) is 2. The van der Waals surface area contributed by atoms with Gasteiger partial charge in [-0.25, -0.2) is 10.4 Å². The van der Waals surface area contributed by atoms with Crippen molar-refractivity contribution in [2.24, 2.45) is 5.92 Å². The smallest absolute Gasteiger partial charge is 0.279 e. The SMILES string of the molecule is O=C1CCC(CNN(c2nccs2)S(=O)(=O)c2ccccc2)CC1. The van der Waals surface area contributed by atoms with E-state index in [0.29, 0.717) is 30.3 Å². The lowest BCUT2D eigenvalue weighted by atomic mass is 9.89. The molecular weight excluding hydrogens is 346 g/mol. The van der Waals surface area contributed by atoms with Crippen molar-refractivity contribution >= 4 is 32.3 Å². The Bertz CT molecular complexity index is 766. The first-order valence-corrected chi connectivity index (χ1v) is 10.1. The van der Waals surface area contributed by atoms with Crippen LogP contribution in [0.25, 0.3) is 0 Å². The molecule has 1 aromatic heterocycles. The second-order valence-corrected chi connectivity index (χ2v) is 8.40. The number of nitrogens with one attached hydrogen (secondary N) is 1. The minimum atomic E-state index is -3.73. The van der Waals surface area contributed by atoms with Gasteiger partial charge in [-0.15, -0.1) is 11.3 Å². The highest BCUT2D eigenvalue weighted by Crippen LogP contribution is 2.25. The van der Waals surface area contributed by atoms with Crippen LogP contribution in [0, 0.1) is 5.92 Å². The molecule has 1 N–H and O–H groups in total. The fraction of sp³-hybridized carbons (Fsp3) is 0.375. The van der Waals surface area contributed by atoms with Crippen molar-refractivity contribution in [3.8, 4) is 0 Å². The van der Waals surface area contributed by atoms with Gasteiger partial charge in [0.25, 0.3) is 10.0 Å². The maximum Gasteiger partial charge on any atom is 0.279 e. The molecule has 8 heteroatoms. The lowest BCUT2D eigenvalue weighted by Gasteiger charge is -2.27. The highest BCUT2D eigenvalue weighted by molar-refractivity contribution is 7.93. The number of sulfonamides is 1. The fourth-order valence-corrected chi connectivity index (χ4v) is 4.84. The Hall–Kier alpha value is -1.77. The van der Waals surface area contributed by atoms with E-state index >= 15 is 0 Å². The monoisotopic (exact) mass is 365 g/mol. The van der Waals surface area contributed by atoms with E-state index in [0.717, 1.165) is 17.3 Å². The summed E-state index contributed by atoms with van der Waals surface area (Å²) >= 11 is 1.26. The normalized spacial score (nSPS) is 16.2. The van der Waals surface area contributed by atoms with Crippen molar-refractivity contribution in [3.05, 3.63) is 41.9 Å². The molecule has 0 saturated heterocycles. The molecule has 1 fully saturated rings. The lowest BCUT2D eigenvalue weighted by Crippen LogP contribution is -2.45. The summed E-state index contributed by atoms with van der Waals surface area (Å²) in [6.07, 6.45) is 4.32. The number of anilines is 1. The van der Waals surface area contributed by atoms with Gasteiger partial charge in [0.1, 0.15) is 5.78 Å². The maximum absolute atomic E-state index is 12.9. The second kappa shape index (κ2) is 7.42. The Kier molecular flexibility index (Phi) is 5.27. The number of benzene rings is 1. The van der Waals surface area contributed by atoms with Crippen molar-refractivity contribution in [1.82, 2.24) is 10.4 Å². The molecular formula is C16H19N3O3S2. The average molecular weight is 365 g/mol. The Labute approximate surface area is 145 Å². The van der Waals surface area contributed by atoms with E-state index in [9.17, 15) is 13.2 Å². The van der Waals surface area contributed by atoms with Gasteiger partial charge in [0, 0.05) is 31.0 Å². The van der Waals surface area contributed by atoms with Gasteiger partial charge in [-0.3, -0.25) is 4.79 Å². The van der Waals surface area contributed by atoms with Crippen LogP contribution in [-0.4, -0.2) is 25.7 Å². The number of rotatable bonds is 6. The largest absolute Gasteiger partial charge is 0.300 e. The molecule has 0 unspecified atom stereocenters. The van der Waals surface area contributed by atoms with Crippen molar-refractivity contribution in [2.75, 3.05) is 11.0 Å². The van der Waals surface area contributed by atoms with Gasteiger partial charge >= 0.3 is 0 Å². The molecule has 1 heterocycles. The molecule has 1 aromatic carbocycles. The van der Waals surface area contributed by atoms with Gasteiger partial charge in [0.2, 0.25) is 5.13 Å². The van der Waals surface area contributed by atoms with Crippen LogP contribution in [0.4, 0.5) is 5.13 Å². The molecule has 0 amide bonds. The van der Waals surface area contributed by atoms with E-state index in [2.05, 4.69) is 10.4 Å². The predicted octanol–water partition coefficient (Wildman–Crippen LogP) is 2.60. The summed E-state index contributed by atoms with van der Waals surface area (Å²) in [5, 5.41) is 2.12. The van der Waals surface area contributed by atoms with Crippen LogP contribution in [0.5, 0.6) is 0 Å². The predicted molar refractivity (Wildman–Crippen MR) is 93.2 cm³/mol. The first-order chi connectivity index (χ1) is 11.6. The van der Waals surface area contributed by atoms with E-state index < -0.39 is 10.0 Å². The van der Waals surface area contributed by atoms with Gasteiger partial charge in [0.05, 0.1) is 4.90 Å². The van der Waals surface area contributed by atoms with Crippen molar-refractivity contribution < 1.29 is 13.2 Å². The Morgan fingerprint density at radius 3 is 2.54 bits per heavy atom. The highest BCUT2D eigenvalue weighted by Gasteiger charge is 2.28. The summed E-state index contributed by atoms with van der Waals surface area (Å²) in [6, 6.07) is 8.30. The molecule has 6 nitrogen and oxygen atoms in total. The number of carbonyl (C=O) groups excluding carboxylic acids is 1. The highest BCUT2D eigenvalue weighted by atomic mass is 32.2. The molecule has 24 heavy (non-hydrogen) atoms. The second-order valence-electron chi connectivity index (χ2n) is 5.74. The fourth-order valence-electron chi connectivity index (χ4n) is 2.69. The van der Waals surface area contributed by atoms with Crippen LogP contribution in [0.2, 0.25) is 0 Å². The van der Waals surface area contributed by atoms with Crippen LogP contribution in [-0.2, 0) is 14.8 Å². The molecule has 0 spiro atoms. The summed E-state index contributed by atoms with van der Waals surface area (Å²) in [5.74, 6) is 0.580. The minimum Gasteiger partial charge on any atom is -0.300 e. The van der Waals surface area contributed by atoms with E-state index in [4.69, 9.17) is 0 Å². The number of carbonyl (C=O) groups is 1. The first-order valence-electron chi connectivity index (χ1n) is 7.82. The molecule has 1 saturated carbocycles. The number of hydrogen-bond donors (Lipinski definition) is 1. The first kappa shape index (κ1) is 17.1. The van der Waals surface area contributed by atoms with Crippen LogP contribution in [0.1, 0.15) is 25.7 Å². The number of hydrogen-bond acceptors (Lipinski definition) is 6. The van der Waals surface area contributed by atoms with E-state index in [1.54, 1.807) is 41.9 Å². The molecule has 3 rings (SSSR count). The third-order valence-electron chi connectivity index (χ3n) is 4.06. The molecule has 0 aliphatic heterocycles. The summed E-state index contributed by atoms with van der Waals surface area (Å²) in [6.45, 7) is 0.499. The molecule has 1 aliphatic rings. The van der Waals surface area contributed by atoms with Crippen LogP contribution < -0.4 is 9.84 Å². The lowest BCUT2D eigenvalue weighted by molar-refractivity contribution is -0.120. The number of hydrazine groups is 1. The maximum atomic E-state index is 12.9. The molecule has 128 valence electrons. The Morgan fingerprint density at radius 1 is 1.21 bits per heavy atom. The quantitative estimate of drug-likeness (QED) is 0.796. The van der Waals surface area contributed by atoms with E-state index in [-0.39, 0.29) is 10.8 Å². The topological polar surface area (TPSA) is 79.4 Å². The molecule has 0 bridgehead atoms. The zero-order chi connectivity index (χ0) is 17.0. The molecule has 0 radical (unpaired) electrons. The third kappa shape index (κ3) is 3.82. The van der Waals surface area contributed by atoms with Crippen LogP contribution in [0.3, 0.4) is 0 Å². The van der Waals surface area contributed by atoms with Gasteiger partial charge in [-0.1, -0.05) is 18.2 Å². The summed E-state index contributed by atoms with van der Waals surface area (Å²) in [5.41, 5.74) is 3.03. The Morgan fingerprint density at radius 2 is 1.92 bits per heavy atom. The van der Waals surface area contributed by atoms with E-state index in [1.165, 1.54) is 11.3 Å². The van der Waals surface area contributed by atoms with Gasteiger partial charge in [-0.2, -0.15) is 12.8 Å². The number of ketones is 1. The van der Waals surface area contributed by atoms with Crippen molar-refractivity contribution in [1.29, 1.82) is 0 Å². The summed E-state index contributed by atoms with van der Waals surface area (Å²) in [4.78, 5) is 15.7. The standard InChI is InChI=1S/C16H19N3O3S2/c20-14-8-6-13(7-9-14)12-18-19(16-17-10-11-23-16)24(21,22)15-4-2-1-3-5-15/h1-5,10-11,13,18H,6-9,12H2. The third-order valence-corrected chi connectivity index (χ3v) is 6.58. The Balaban J connectivity index is 1.79. The molecule has 2 aromatic rings. The van der Waals surface area contributed by atoms with Gasteiger partial charge in [0.15, 0.2) is 0 Å². The number of Topliss-reactive ketones (excluding diaryl/α,β-unsaturated/α-hetero) is 1. The molecule has 1 aliphatic carbocycles. The summed E-state index contributed by atoms with van der Waals surface area (Å²) < 4.78 is 27.0. The zero-order valence-corrected chi connectivity index (χ0v) is 14.7. The summed E-state index contributed by atoms with van der Waals surface area (Å²) in [7, 11) is -3.73. The van der Waals surface area contributed by atoms with Gasteiger partial charge < -0.3 is 0 Å². The van der Waals surface area contributed by atoms with Crippen molar-refractivity contribution in [2.45, 2.75) is 30.6 Å². The number of aromatic nitrogens is 1. The minimum absolute atomic E-state index is 0.214.